The van der Waals surface area contributed by atoms with Crippen LogP contribution in [0, 0.1) is 0 Å². The molecule has 112 valence electrons. The summed E-state index contributed by atoms with van der Waals surface area (Å²) in [5.41, 5.74) is 0. The molecule has 0 saturated heterocycles. The fraction of sp³-hybridized carbons (Fsp3) is 0.267. The van der Waals surface area contributed by atoms with Gasteiger partial charge in [-0.1, -0.05) is 24.3 Å². The fourth-order valence-electron chi connectivity index (χ4n) is 1.68. The van der Waals surface area contributed by atoms with Gasteiger partial charge in [0.2, 0.25) is 0 Å². The number of amides is 2. The van der Waals surface area contributed by atoms with Crippen LogP contribution in [-0.2, 0) is 0 Å². The Kier molecular flexibility index (Phi) is 6.05. The molecule has 6 heteroatoms. The highest BCUT2D eigenvalue weighted by atomic mass is 32.1. The van der Waals surface area contributed by atoms with Gasteiger partial charge in [-0.05, 0) is 23.6 Å². The molecule has 1 aromatic carbocycles. The number of thiophene rings is 1. The van der Waals surface area contributed by atoms with Crippen molar-refractivity contribution in [2.24, 2.45) is 0 Å². The number of aliphatic hydroxyl groups excluding tert-OH is 1. The van der Waals surface area contributed by atoms with Crippen molar-refractivity contribution in [3.8, 4) is 5.75 Å². The van der Waals surface area contributed by atoms with Crippen molar-refractivity contribution >= 4 is 17.4 Å². The quantitative estimate of drug-likeness (QED) is 0.687. The Bertz CT molecular complexity index is 531. The average molecular weight is 306 g/mol. The predicted octanol–water partition coefficient (Wildman–Crippen LogP) is 2.16. The smallest absolute Gasteiger partial charge is 0.315 e. The largest absolute Gasteiger partial charge is 0.492 e. The van der Waals surface area contributed by atoms with Gasteiger partial charge in [0.25, 0.3) is 0 Å². The number of para-hydroxylation sites is 1. The van der Waals surface area contributed by atoms with Gasteiger partial charge in [-0.2, -0.15) is 0 Å². The zero-order chi connectivity index (χ0) is 14.9. The molecule has 0 radical (unpaired) electrons. The van der Waals surface area contributed by atoms with Crippen LogP contribution < -0.4 is 15.4 Å². The molecule has 0 fully saturated rings. The molecule has 1 aromatic heterocycles. The van der Waals surface area contributed by atoms with E-state index in [0.717, 1.165) is 10.6 Å². The van der Waals surface area contributed by atoms with E-state index in [0.29, 0.717) is 13.2 Å². The molecule has 1 atom stereocenters. The maximum absolute atomic E-state index is 11.5. The van der Waals surface area contributed by atoms with Gasteiger partial charge in [0.1, 0.15) is 18.5 Å². The minimum atomic E-state index is -0.670. The number of hydrogen-bond acceptors (Lipinski definition) is 4. The van der Waals surface area contributed by atoms with Crippen molar-refractivity contribution in [2.75, 3.05) is 19.7 Å². The first-order valence-electron chi connectivity index (χ1n) is 6.67. The molecule has 2 rings (SSSR count). The first kappa shape index (κ1) is 15.3. The second kappa shape index (κ2) is 8.28. The molecule has 1 heterocycles. The Hall–Kier alpha value is -2.05. The van der Waals surface area contributed by atoms with E-state index < -0.39 is 6.10 Å². The van der Waals surface area contributed by atoms with Crippen LogP contribution in [0.2, 0.25) is 0 Å². The summed E-state index contributed by atoms with van der Waals surface area (Å²) in [6.45, 7) is 0.979. The molecule has 2 aromatic rings. The number of carbonyl (C=O) groups excluding carboxylic acids is 1. The number of benzene rings is 1. The number of nitrogens with one attached hydrogen (secondary N) is 2. The molecule has 0 aliphatic rings. The molecule has 0 unspecified atom stereocenters. The number of carbonyl (C=O) groups is 1. The minimum Gasteiger partial charge on any atom is -0.492 e. The number of hydrogen-bond donors (Lipinski definition) is 3. The third-order valence-electron chi connectivity index (χ3n) is 2.73. The molecule has 0 aliphatic heterocycles. The van der Waals surface area contributed by atoms with Crippen LogP contribution in [0.4, 0.5) is 4.79 Å². The average Bonchev–Trinajstić information content (AvgIpc) is 3.05. The van der Waals surface area contributed by atoms with Gasteiger partial charge in [-0.25, -0.2) is 4.79 Å². The van der Waals surface area contributed by atoms with Crippen molar-refractivity contribution in [1.29, 1.82) is 0 Å². The Morgan fingerprint density at radius 3 is 2.71 bits per heavy atom. The molecule has 0 spiro atoms. The van der Waals surface area contributed by atoms with Crippen LogP contribution in [0.25, 0.3) is 0 Å². The predicted molar refractivity (Wildman–Crippen MR) is 82.6 cm³/mol. The number of ether oxygens (including phenoxy) is 1. The van der Waals surface area contributed by atoms with Gasteiger partial charge in [0.05, 0.1) is 13.1 Å². The van der Waals surface area contributed by atoms with E-state index in [4.69, 9.17) is 4.74 Å². The summed E-state index contributed by atoms with van der Waals surface area (Å²) in [5, 5.41) is 17.0. The van der Waals surface area contributed by atoms with E-state index in [2.05, 4.69) is 10.6 Å². The van der Waals surface area contributed by atoms with Gasteiger partial charge in [0, 0.05) is 4.88 Å². The topological polar surface area (TPSA) is 70.6 Å². The second-order valence-electron chi connectivity index (χ2n) is 4.33. The van der Waals surface area contributed by atoms with E-state index in [1.807, 2.05) is 47.8 Å². The van der Waals surface area contributed by atoms with Crippen molar-refractivity contribution in [3.05, 3.63) is 52.7 Å². The van der Waals surface area contributed by atoms with Gasteiger partial charge in [-0.3, -0.25) is 0 Å². The van der Waals surface area contributed by atoms with Crippen LogP contribution in [0.5, 0.6) is 5.75 Å². The lowest BCUT2D eigenvalue weighted by molar-refractivity contribution is 0.176. The summed E-state index contributed by atoms with van der Waals surface area (Å²) in [6.07, 6.45) is -0.670. The highest BCUT2D eigenvalue weighted by molar-refractivity contribution is 7.10. The summed E-state index contributed by atoms with van der Waals surface area (Å²) in [5.74, 6) is 0.771. The zero-order valence-corrected chi connectivity index (χ0v) is 12.3. The molecule has 5 nitrogen and oxygen atoms in total. The summed E-state index contributed by atoms with van der Waals surface area (Å²) >= 11 is 1.46. The minimum absolute atomic E-state index is 0.186. The van der Waals surface area contributed by atoms with E-state index in [1.165, 1.54) is 11.3 Å². The molecule has 0 aliphatic carbocycles. The van der Waals surface area contributed by atoms with Gasteiger partial charge in [-0.15, -0.1) is 11.3 Å². The summed E-state index contributed by atoms with van der Waals surface area (Å²) in [4.78, 5) is 12.4. The van der Waals surface area contributed by atoms with E-state index in [1.54, 1.807) is 0 Å². The summed E-state index contributed by atoms with van der Waals surface area (Å²) in [6, 6.07) is 12.8. The van der Waals surface area contributed by atoms with Crippen LogP contribution >= 0.6 is 11.3 Å². The van der Waals surface area contributed by atoms with Crippen LogP contribution in [0.1, 0.15) is 11.0 Å². The molecular weight excluding hydrogens is 288 g/mol. The van der Waals surface area contributed by atoms with Crippen LogP contribution in [-0.4, -0.2) is 30.8 Å². The molecule has 21 heavy (non-hydrogen) atoms. The Morgan fingerprint density at radius 1 is 1.19 bits per heavy atom. The van der Waals surface area contributed by atoms with Gasteiger partial charge < -0.3 is 20.5 Å². The summed E-state index contributed by atoms with van der Waals surface area (Å²) < 4.78 is 5.45. The SMILES string of the molecule is O=C(NCCOc1ccccc1)NC[C@H](O)c1cccs1. The molecular formula is C15H18N2O3S. The van der Waals surface area contributed by atoms with E-state index in [9.17, 15) is 9.90 Å². The lowest BCUT2D eigenvalue weighted by Crippen LogP contribution is -2.39. The van der Waals surface area contributed by atoms with Crippen LogP contribution in [0.3, 0.4) is 0 Å². The maximum atomic E-state index is 11.5. The Labute approximate surface area is 127 Å². The summed E-state index contributed by atoms with van der Waals surface area (Å²) in [7, 11) is 0. The normalized spacial score (nSPS) is 11.7. The fourth-order valence-corrected chi connectivity index (χ4v) is 2.40. The molecule has 0 saturated carbocycles. The number of rotatable bonds is 7. The van der Waals surface area contributed by atoms with Crippen LogP contribution in [0.15, 0.2) is 47.8 Å². The first-order valence-corrected chi connectivity index (χ1v) is 7.54. The lowest BCUT2D eigenvalue weighted by Gasteiger charge is -2.11. The molecule has 3 N–H and O–H groups in total. The van der Waals surface area contributed by atoms with Crippen molar-refractivity contribution in [3.63, 3.8) is 0 Å². The van der Waals surface area contributed by atoms with E-state index in [-0.39, 0.29) is 12.6 Å². The Balaban J connectivity index is 1.57. The number of urea groups is 1. The van der Waals surface area contributed by atoms with E-state index >= 15 is 0 Å². The third kappa shape index (κ3) is 5.45. The van der Waals surface area contributed by atoms with Crippen molar-refractivity contribution in [2.45, 2.75) is 6.10 Å². The highest BCUT2D eigenvalue weighted by Gasteiger charge is 2.09. The first-order chi connectivity index (χ1) is 10.3. The highest BCUT2D eigenvalue weighted by Crippen LogP contribution is 2.17. The zero-order valence-electron chi connectivity index (χ0n) is 11.5. The lowest BCUT2D eigenvalue weighted by atomic mass is 10.3. The second-order valence-corrected chi connectivity index (χ2v) is 5.31. The third-order valence-corrected chi connectivity index (χ3v) is 3.70. The number of aliphatic hydroxyl groups is 1. The van der Waals surface area contributed by atoms with Gasteiger partial charge in [0.15, 0.2) is 0 Å². The molecule has 2 amide bonds. The molecule has 0 bridgehead atoms. The Morgan fingerprint density at radius 2 is 2.00 bits per heavy atom. The standard InChI is InChI=1S/C15H18N2O3S/c18-13(14-7-4-10-21-14)11-17-15(19)16-8-9-20-12-5-2-1-3-6-12/h1-7,10,13,18H,8-9,11H2,(H2,16,17,19)/t13-/m0/s1. The van der Waals surface area contributed by atoms with Crippen molar-refractivity contribution < 1.29 is 14.6 Å². The van der Waals surface area contributed by atoms with Gasteiger partial charge >= 0.3 is 6.03 Å². The maximum Gasteiger partial charge on any atom is 0.315 e. The monoisotopic (exact) mass is 306 g/mol. The van der Waals surface area contributed by atoms with Crippen molar-refractivity contribution in [1.82, 2.24) is 10.6 Å².